The molecule has 0 radical (unpaired) electrons. The molecular weight excluding hydrogens is 202 g/mol. The van der Waals surface area contributed by atoms with E-state index in [1.54, 1.807) is 26.8 Å². The van der Waals surface area contributed by atoms with Crippen LogP contribution in [0.5, 0.6) is 5.06 Å². The van der Waals surface area contributed by atoms with Crippen LogP contribution >= 0.6 is 11.3 Å². The Kier molecular flexibility index (Phi) is 3.00. The lowest BCUT2D eigenvalue weighted by atomic mass is 10.2. The Balaban J connectivity index is 2.50. The zero-order valence-corrected chi connectivity index (χ0v) is 9.14. The number of thiophene rings is 1. The number of amides is 1. The van der Waals surface area contributed by atoms with Gasteiger partial charge in [-0.15, -0.1) is 0 Å². The van der Waals surface area contributed by atoms with Crippen molar-refractivity contribution in [2.75, 3.05) is 5.32 Å². The first-order chi connectivity index (χ1) is 6.37. The number of carbonyl (C=O) groups excluding carboxylic acids is 1. The maximum atomic E-state index is 11.2. The maximum Gasteiger partial charge on any atom is 0.412 e. The van der Waals surface area contributed by atoms with Gasteiger partial charge in [-0.05, 0) is 32.9 Å². The lowest BCUT2D eigenvalue weighted by Crippen LogP contribution is -2.26. The number of nitrogens with one attached hydrogen (secondary N) is 1. The van der Waals surface area contributed by atoms with Crippen molar-refractivity contribution in [2.24, 2.45) is 0 Å². The minimum atomic E-state index is -0.514. The Labute approximate surface area is 86.5 Å². The van der Waals surface area contributed by atoms with Gasteiger partial charge in [0.15, 0.2) is 5.06 Å². The van der Waals surface area contributed by atoms with Crippen LogP contribution in [0.3, 0.4) is 0 Å². The number of aromatic hydroxyl groups is 1. The van der Waals surface area contributed by atoms with Crippen LogP contribution in [0.25, 0.3) is 0 Å². The molecule has 14 heavy (non-hydrogen) atoms. The summed E-state index contributed by atoms with van der Waals surface area (Å²) >= 11 is 1.09. The quantitative estimate of drug-likeness (QED) is 0.757. The highest BCUT2D eigenvalue weighted by atomic mass is 32.1. The van der Waals surface area contributed by atoms with Crippen LogP contribution in [0.15, 0.2) is 12.1 Å². The van der Waals surface area contributed by atoms with Gasteiger partial charge < -0.3 is 9.84 Å². The standard InChI is InChI=1S/C9H13NO3S/c1-9(2,3)13-8(12)10-6-4-5-7(11)14-6/h4-5,11H,1-3H3,(H,10,12). The van der Waals surface area contributed by atoms with Crippen molar-refractivity contribution >= 4 is 22.4 Å². The smallest absolute Gasteiger partial charge is 0.412 e. The molecule has 0 aromatic carbocycles. The summed E-state index contributed by atoms with van der Waals surface area (Å²) < 4.78 is 5.03. The van der Waals surface area contributed by atoms with E-state index >= 15 is 0 Å². The first kappa shape index (κ1) is 10.8. The van der Waals surface area contributed by atoms with Gasteiger partial charge in [0.05, 0.1) is 0 Å². The number of ether oxygens (including phenoxy) is 1. The molecule has 0 aliphatic heterocycles. The van der Waals surface area contributed by atoms with E-state index in [0.29, 0.717) is 5.00 Å². The molecule has 0 aliphatic rings. The Morgan fingerprint density at radius 2 is 2.14 bits per heavy atom. The molecule has 0 saturated carbocycles. The Morgan fingerprint density at radius 1 is 1.50 bits per heavy atom. The zero-order chi connectivity index (χ0) is 10.8. The van der Waals surface area contributed by atoms with Crippen LogP contribution < -0.4 is 5.32 Å². The normalized spacial score (nSPS) is 11.1. The van der Waals surface area contributed by atoms with Gasteiger partial charge in [-0.25, -0.2) is 4.79 Å². The van der Waals surface area contributed by atoms with Gasteiger partial charge in [0.1, 0.15) is 10.6 Å². The van der Waals surface area contributed by atoms with Crippen molar-refractivity contribution in [2.45, 2.75) is 26.4 Å². The highest BCUT2D eigenvalue weighted by Crippen LogP contribution is 2.27. The zero-order valence-electron chi connectivity index (χ0n) is 8.33. The number of hydrogen-bond acceptors (Lipinski definition) is 4. The van der Waals surface area contributed by atoms with E-state index in [0.717, 1.165) is 11.3 Å². The molecule has 0 fully saturated rings. The fraction of sp³-hybridized carbons (Fsp3) is 0.444. The Morgan fingerprint density at radius 3 is 2.57 bits per heavy atom. The van der Waals surface area contributed by atoms with Crippen molar-refractivity contribution in [3.63, 3.8) is 0 Å². The summed E-state index contributed by atoms with van der Waals surface area (Å²) in [7, 11) is 0. The first-order valence-electron chi connectivity index (χ1n) is 4.15. The van der Waals surface area contributed by atoms with Crippen LogP contribution in [0.4, 0.5) is 9.80 Å². The van der Waals surface area contributed by atoms with Gasteiger partial charge in [-0.1, -0.05) is 11.3 Å². The number of hydrogen-bond donors (Lipinski definition) is 2. The first-order valence-corrected chi connectivity index (χ1v) is 4.97. The summed E-state index contributed by atoms with van der Waals surface area (Å²) in [4.78, 5) is 11.2. The summed E-state index contributed by atoms with van der Waals surface area (Å²) in [6.07, 6.45) is -0.514. The van der Waals surface area contributed by atoms with Gasteiger partial charge in [0, 0.05) is 0 Å². The molecule has 2 N–H and O–H groups in total. The van der Waals surface area contributed by atoms with Crippen LogP contribution in [-0.2, 0) is 4.74 Å². The lowest BCUT2D eigenvalue weighted by molar-refractivity contribution is 0.0636. The SMILES string of the molecule is CC(C)(C)OC(=O)Nc1ccc(O)s1. The van der Waals surface area contributed by atoms with Crippen LogP contribution in [0, 0.1) is 0 Å². The molecule has 0 bridgehead atoms. The third-order valence-electron chi connectivity index (χ3n) is 1.22. The second-order valence-corrected chi connectivity index (χ2v) is 4.83. The molecule has 0 unspecified atom stereocenters. The fourth-order valence-electron chi connectivity index (χ4n) is 0.799. The molecule has 0 spiro atoms. The molecule has 5 heteroatoms. The second-order valence-electron chi connectivity index (χ2n) is 3.76. The summed E-state index contributed by atoms with van der Waals surface area (Å²) in [5.41, 5.74) is -0.511. The molecule has 4 nitrogen and oxygen atoms in total. The fourth-order valence-corrected chi connectivity index (χ4v) is 1.43. The van der Waals surface area contributed by atoms with Crippen LogP contribution in [0.2, 0.25) is 0 Å². The molecule has 1 amide bonds. The van der Waals surface area contributed by atoms with Crippen molar-refractivity contribution in [1.82, 2.24) is 0 Å². The average Bonchev–Trinajstić information content (AvgIpc) is 2.30. The monoisotopic (exact) mass is 215 g/mol. The van der Waals surface area contributed by atoms with E-state index in [-0.39, 0.29) is 5.06 Å². The van der Waals surface area contributed by atoms with E-state index < -0.39 is 11.7 Å². The molecule has 1 aromatic heterocycles. The maximum absolute atomic E-state index is 11.2. The largest absolute Gasteiger partial charge is 0.499 e. The van der Waals surface area contributed by atoms with Gasteiger partial charge in [0.25, 0.3) is 0 Å². The van der Waals surface area contributed by atoms with Gasteiger partial charge >= 0.3 is 6.09 Å². The van der Waals surface area contributed by atoms with Gasteiger partial charge in [-0.2, -0.15) is 0 Å². The number of carbonyl (C=O) groups is 1. The van der Waals surface area contributed by atoms with E-state index in [4.69, 9.17) is 9.84 Å². The molecule has 1 aromatic rings. The minimum absolute atomic E-state index is 0.163. The van der Waals surface area contributed by atoms with Crippen molar-refractivity contribution < 1.29 is 14.6 Å². The number of rotatable bonds is 1. The van der Waals surface area contributed by atoms with Crippen molar-refractivity contribution in [3.8, 4) is 5.06 Å². The van der Waals surface area contributed by atoms with E-state index in [1.807, 2.05) is 0 Å². The van der Waals surface area contributed by atoms with E-state index in [1.165, 1.54) is 6.07 Å². The highest BCUT2D eigenvalue weighted by Gasteiger charge is 2.16. The molecule has 0 atom stereocenters. The van der Waals surface area contributed by atoms with E-state index in [9.17, 15) is 4.79 Å². The highest BCUT2D eigenvalue weighted by molar-refractivity contribution is 7.17. The van der Waals surface area contributed by atoms with Crippen LogP contribution in [0.1, 0.15) is 20.8 Å². The molecule has 1 heterocycles. The summed E-state index contributed by atoms with van der Waals surface area (Å²) in [6.45, 7) is 5.37. The second kappa shape index (κ2) is 3.88. The van der Waals surface area contributed by atoms with Crippen molar-refractivity contribution in [1.29, 1.82) is 0 Å². The molecule has 78 valence electrons. The summed E-state index contributed by atoms with van der Waals surface area (Å²) in [6, 6.07) is 3.13. The Bertz CT molecular complexity index is 327. The molecule has 1 rings (SSSR count). The Hall–Kier alpha value is -1.23. The average molecular weight is 215 g/mol. The minimum Gasteiger partial charge on any atom is -0.499 e. The van der Waals surface area contributed by atoms with Crippen LogP contribution in [-0.4, -0.2) is 16.8 Å². The van der Waals surface area contributed by atoms with Crippen molar-refractivity contribution in [3.05, 3.63) is 12.1 Å². The van der Waals surface area contributed by atoms with E-state index in [2.05, 4.69) is 5.32 Å². The summed E-state index contributed by atoms with van der Waals surface area (Å²) in [5.74, 6) is 0. The predicted octanol–water partition coefficient (Wildman–Crippen LogP) is 2.80. The lowest BCUT2D eigenvalue weighted by Gasteiger charge is -2.19. The third-order valence-corrected chi connectivity index (χ3v) is 2.02. The topological polar surface area (TPSA) is 58.6 Å². The summed E-state index contributed by atoms with van der Waals surface area (Å²) in [5, 5.41) is 12.3. The molecule has 0 aliphatic carbocycles. The third kappa shape index (κ3) is 3.66. The predicted molar refractivity (Wildman–Crippen MR) is 55.8 cm³/mol. The molecular formula is C9H13NO3S. The number of anilines is 1. The molecule has 0 saturated heterocycles. The van der Waals surface area contributed by atoms with Gasteiger partial charge in [0.2, 0.25) is 0 Å². The van der Waals surface area contributed by atoms with Gasteiger partial charge in [-0.3, -0.25) is 5.32 Å².